The van der Waals surface area contributed by atoms with Crippen LogP contribution in [-0.4, -0.2) is 41.9 Å². The van der Waals surface area contributed by atoms with E-state index in [2.05, 4.69) is 10.3 Å². The third kappa shape index (κ3) is 4.69. The summed E-state index contributed by atoms with van der Waals surface area (Å²) in [5, 5.41) is 11.7. The number of rotatable bonds is 5. The number of halogens is 3. The summed E-state index contributed by atoms with van der Waals surface area (Å²) in [4.78, 5) is 18.2. The van der Waals surface area contributed by atoms with Gasteiger partial charge in [0.25, 0.3) is 5.91 Å². The minimum absolute atomic E-state index is 0.152. The lowest BCUT2D eigenvalue weighted by Gasteiger charge is -2.32. The second kappa shape index (κ2) is 8.13. The fourth-order valence-electron chi connectivity index (χ4n) is 2.82. The van der Waals surface area contributed by atoms with E-state index in [4.69, 9.17) is 9.84 Å². The Morgan fingerprint density at radius 2 is 2.04 bits per heavy atom. The van der Waals surface area contributed by atoms with Crippen LogP contribution in [-0.2, 0) is 6.18 Å². The van der Waals surface area contributed by atoms with Gasteiger partial charge in [0, 0.05) is 25.9 Å². The molecule has 146 valence electrons. The van der Waals surface area contributed by atoms with E-state index in [1.54, 1.807) is 0 Å². The highest BCUT2D eigenvalue weighted by Crippen LogP contribution is 2.37. The van der Waals surface area contributed by atoms with Crippen molar-refractivity contribution >= 4 is 22.4 Å². The Morgan fingerprint density at radius 1 is 1.33 bits per heavy atom. The summed E-state index contributed by atoms with van der Waals surface area (Å²) >= 11 is 1.20. The van der Waals surface area contributed by atoms with Gasteiger partial charge in [0.2, 0.25) is 0 Å². The summed E-state index contributed by atoms with van der Waals surface area (Å²) in [5.74, 6) is -0.552. The maximum atomic E-state index is 13.1. The molecular formula is C17H18F3N3O3S. The number of hydrogen-bond donors (Lipinski definition) is 2. The first kappa shape index (κ1) is 19.4. The lowest BCUT2D eigenvalue weighted by atomic mass is 10.1. The third-order valence-corrected chi connectivity index (χ3v) is 5.21. The van der Waals surface area contributed by atoms with Crippen molar-refractivity contribution < 1.29 is 27.8 Å². The first-order valence-electron chi connectivity index (χ1n) is 8.31. The minimum Gasteiger partial charge on any atom is -0.490 e. The molecule has 0 radical (unpaired) electrons. The van der Waals surface area contributed by atoms with Gasteiger partial charge in [-0.05, 0) is 12.1 Å². The van der Waals surface area contributed by atoms with Gasteiger partial charge in [-0.2, -0.15) is 13.2 Å². The van der Waals surface area contributed by atoms with Crippen molar-refractivity contribution in [3.63, 3.8) is 0 Å². The first-order chi connectivity index (χ1) is 12.9. The van der Waals surface area contributed by atoms with E-state index >= 15 is 0 Å². The van der Waals surface area contributed by atoms with Crippen molar-refractivity contribution in [1.82, 2.24) is 10.3 Å². The van der Waals surface area contributed by atoms with Crippen LogP contribution in [0.1, 0.15) is 28.1 Å². The number of aliphatic hydroxyl groups excluding tert-OH is 1. The van der Waals surface area contributed by atoms with E-state index in [1.807, 2.05) is 4.90 Å². The number of alkyl halides is 3. The minimum atomic E-state index is -4.45. The number of amides is 1. The fourth-order valence-corrected chi connectivity index (χ4v) is 3.71. The van der Waals surface area contributed by atoms with Crippen LogP contribution < -0.4 is 15.0 Å². The normalized spacial score (nSPS) is 15.6. The number of benzene rings is 1. The molecule has 3 rings (SSSR count). The summed E-state index contributed by atoms with van der Waals surface area (Å²) in [6.45, 7) is 0.676. The van der Waals surface area contributed by atoms with Gasteiger partial charge in [-0.25, -0.2) is 4.98 Å². The van der Waals surface area contributed by atoms with Crippen molar-refractivity contribution in [1.29, 1.82) is 0 Å². The SMILES string of the molecule is O=C(NCO)c1cnc(N2CCC(Oc3ccccc3C(F)(F)F)CC2)s1. The van der Waals surface area contributed by atoms with Crippen molar-refractivity contribution in [3.8, 4) is 5.75 Å². The summed E-state index contributed by atoms with van der Waals surface area (Å²) in [6, 6.07) is 5.21. The van der Waals surface area contributed by atoms with Crippen LogP contribution >= 0.6 is 11.3 Å². The highest BCUT2D eigenvalue weighted by atomic mass is 32.1. The molecule has 1 aliphatic heterocycles. The summed E-state index contributed by atoms with van der Waals surface area (Å²) < 4.78 is 44.8. The number of piperidine rings is 1. The van der Waals surface area contributed by atoms with Crippen LogP contribution in [0.5, 0.6) is 5.75 Å². The molecule has 2 heterocycles. The second-order valence-electron chi connectivity index (χ2n) is 5.97. The molecule has 2 N–H and O–H groups in total. The maximum absolute atomic E-state index is 13.1. The summed E-state index contributed by atoms with van der Waals surface area (Å²) in [7, 11) is 0. The average molecular weight is 401 g/mol. The lowest BCUT2D eigenvalue weighted by Crippen LogP contribution is -2.38. The largest absolute Gasteiger partial charge is 0.490 e. The van der Waals surface area contributed by atoms with Gasteiger partial charge in [0.1, 0.15) is 23.5 Å². The molecule has 6 nitrogen and oxygen atoms in total. The third-order valence-electron chi connectivity index (χ3n) is 4.16. The molecule has 0 aliphatic carbocycles. The molecule has 1 aromatic heterocycles. The zero-order valence-electron chi connectivity index (χ0n) is 14.2. The lowest BCUT2D eigenvalue weighted by molar-refractivity contribution is -0.139. The van der Waals surface area contributed by atoms with Crippen LogP contribution in [0, 0.1) is 0 Å². The Hall–Kier alpha value is -2.33. The number of aliphatic hydroxyl groups is 1. The van der Waals surface area contributed by atoms with E-state index in [0.29, 0.717) is 35.9 Å². The van der Waals surface area contributed by atoms with Gasteiger partial charge < -0.3 is 20.1 Å². The zero-order chi connectivity index (χ0) is 19.4. The van der Waals surface area contributed by atoms with Crippen molar-refractivity contribution in [2.24, 2.45) is 0 Å². The molecule has 0 saturated carbocycles. The predicted octanol–water partition coefficient (Wildman–Crippen LogP) is 2.89. The number of nitrogens with one attached hydrogen (secondary N) is 1. The highest BCUT2D eigenvalue weighted by molar-refractivity contribution is 7.17. The molecule has 0 bridgehead atoms. The summed E-state index contributed by atoms with van der Waals surface area (Å²) in [6.07, 6.45) is -2.24. The number of carbonyl (C=O) groups is 1. The number of anilines is 1. The Bertz CT molecular complexity index is 789. The number of ether oxygens (including phenoxy) is 1. The fraction of sp³-hybridized carbons (Fsp3) is 0.412. The molecule has 1 aliphatic rings. The van der Waals surface area contributed by atoms with Crippen LogP contribution in [0.4, 0.5) is 18.3 Å². The molecular weight excluding hydrogens is 383 g/mol. The van der Waals surface area contributed by atoms with Gasteiger partial charge in [0.15, 0.2) is 5.13 Å². The first-order valence-corrected chi connectivity index (χ1v) is 9.13. The van der Waals surface area contributed by atoms with Gasteiger partial charge >= 0.3 is 6.18 Å². The van der Waals surface area contributed by atoms with Gasteiger partial charge in [0.05, 0.1) is 11.8 Å². The molecule has 0 spiro atoms. The molecule has 0 unspecified atom stereocenters. The topological polar surface area (TPSA) is 74.7 Å². The molecule has 1 saturated heterocycles. The van der Waals surface area contributed by atoms with Crippen LogP contribution in [0.2, 0.25) is 0 Å². The number of para-hydroxylation sites is 1. The Morgan fingerprint density at radius 3 is 2.70 bits per heavy atom. The van der Waals surface area contributed by atoms with E-state index in [-0.39, 0.29) is 11.9 Å². The zero-order valence-corrected chi connectivity index (χ0v) is 15.0. The van der Waals surface area contributed by atoms with Crippen molar-refractivity contribution in [2.75, 3.05) is 24.7 Å². The maximum Gasteiger partial charge on any atom is 0.419 e. The van der Waals surface area contributed by atoms with E-state index < -0.39 is 24.4 Å². The van der Waals surface area contributed by atoms with Crippen molar-refractivity contribution in [3.05, 3.63) is 40.9 Å². The van der Waals surface area contributed by atoms with E-state index in [1.165, 1.54) is 35.7 Å². The Kier molecular flexibility index (Phi) is 5.85. The quantitative estimate of drug-likeness (QED) is 0.754. The molecule has 1 fully saturated rings. The molecule has 1 amide bonds. The predicted molar refractivity (Wildman–Crippen MR) is 94.0 cm³/mol. The Labute approximate surface area is 157 Å². The monoisotopic (exact) mass is 401 g/mol. The molecule has 2 aromatic rings. The molecule has 1 aromatic carbocycles. The van der Waals surface area contributed by atoms with E-state index in [9.17, 15) is 18.0 Å². The average Bonchev–Trinajstić information content (AvgIpc) is 3.12. The van der Waals surface area contributed by atoms with Crippen LogP contribution in [0.15, 0.2) is 30.5 Å². The number of thiazole rings is 1. The van der Waals surface area contributed by atoms with Gasteiger partial charge in [-0.1, -0.05) is 23.5 Å². The van der Waals surface area contributed by atoms with Crippen LogP contribution in [0.25, 0.3) is 0 Å². The van der Waals surface area contributed by atoms with Crippen LogP contribution in [0.3, 0.4) is 0 Å². The van der Waals surface area contributed by atoms with Gasteiger partial charge in [-0.3, -0.25) is 4.79 Å². The molecule has 27 heavy (non-hydrogen) atoms. The molecule has 10 heteroatoms. The second-order valence-corrected chi connectivity index (χ2v) is 6.98. The van der Waals surface area contributed by atoms with Crippen molar-refractivity contribution in [2.45, 2.75) is 25.1 Å². The Balaban J connectivity index is 1.59. The van der Waals surface area contributed by atoms with Gasteiger partial charge in [-0.15, -0.1) is 0 Å². The molecule has 0 atom stereocenters. The highest BCUT2D eigenvalue weighted by Gasteiger charge is 2.35. The number of aromatic nitrogens is 1. The smallest absolute Gasteiger partial charge is 0.419 e. The standard InChI is InChI=1S/C17H18F3N3O3S/c18-17(19,20)12-3-1-2-4-13(12)26-11-5-7-23(8-6-11)16-21-9-14(27-16)15(25)22-10-24/h1-4,9,11,24H,5-8,10H2,(H,22,25). The number of hydrogen-bond acceptors (Lipinski definition) is 6. The van der Waals surface area contributed by atoms with E-state index in [0.717, 1.165) is 6.07 Å². The summed E-state index contributed by atoms with van der Waals surface area (Å²) in [5.41, 5.74) is -0.771. The number of nitrogens with zero attached hydrogens (tertiary/aromatic N) is 2. The number of carbonyl (C=O) groups excluding carboxylic acids is 1.